The molecule has 1 saturated carbocycles. The van der Waals surface area contributed by atoms with Crippen LogP contribution in [0, 0.1) is 11.8 Å². The number of carbonyl (C=O) groups is 2. The van der Waals surface area contributed by atoms with E-state index in [2.05, 4.69) is 72.7 Å². The van der Waals surface area contributed by atoms with E-state index in [0.29, 0.717) is 24.5 Å². The zero-order valence-corrected chi connectivity index (χ0v) is 26.4. The average Bonchev–Trinajstić information content (AvgIpc) is 3.09. The van der Waals surface area contributed by atoms with Crippen molar-refractivity contribution in [3.8, 4) is 16.9 Å². The van der Waals surface area contributed by atoms with E-state index in [9.17, 15) is 14.7 Å². The summed E-state index contributed by atoms with van der Waals surface area (Å²) in [5, 5.41) is 13.1. The quantitative estimate of drug-likeness (QED) is 0.309. The normalized spacial score (nSPS) is 20.2. The molecule has 5 rings (SSSR count). The van der Waals surface area contributed by atoms with E-state index in [1.54, 1.807) is 4.90 Å². The molecule has 0 saturated heterocycles. The van der Waals surface area contributed by atoms with E-state index in [1.165, 1.54) is 23.1 Å². The average molecular weight is 598 g/mol. The first-order valence-electron chi connectivity index (χ1n) is 16.1. The zero-order chi connectivity index (χ0) is 31.1. The predicted molar refractivity (Wildman–Crippen MR) is 175 cm³/mol. The first-order valence-corrected chi connectivity index (χ1v) is 16.1. The van der Waals surface area contributed by atoms with Crippen molar-refractivity contribution in [3.63, 3.8) is 0 Å². The minimum Gasteiger partial charge on any atom is -0.488 e. The number of likely N-dealkylation sites (N-methyl/N-ethyl adjacent to an activating group) is 1. The van der Waals surface area contributed by atoms with Crippen LogP contribution in [0.3, 0.4) is 0 Å². The molecule has 0 spiro atoms. The van der Waals surface area contributed by atoms with Crippen LogP contribution in [-0.4, -0.2) is 65.6 Å². The van der Waals surface area contributed by atoms with Gasteiger partial charge >= 0.3 is 0 Å². The summed E-state index contributed by atoms with van der Waals surface area (Å²) in [6.07, 6.45) is 5.19. The molecule has 2 amide bonds. The largest absolute Gasteiger partial charge is 0.488 e. The van der Waals surface area contributed by atoms with Gasteiger partial charge in [0, 0.05) is 42.7 Å². The highest BCUT2D eigenvalue weighted by atomic mass is 16.5. The Morgan fingerprint density at radius 1 is 1.02 bits per heavy atom. The van der Waals surface area contributed by atoms with E-state index < -0.39 is 0 Å². The van der Waals surface area contributed by atoms with Gasteiger partial charge in [-0.05, 0) is 61.7 Å². The van der Waals surface area contributed by atoms with Gasteiger partial charge in [0.2, 0.25) is 11.8 Å². The summed E-state index contributed by atoms with van der Waals surface area (Å²) < 4.78 is 6.71. The van der Waals surface area contributed by atoms with Crippen LogP contribution in [0.2, 0.25) is 0 Å². The Hall–Kier alpha value is -3.68. The summed E-state index contributed by atoms with van der Waals surface area (Å²) in [5.41, 5.74) is 5.06. The molecule has 3 aromatic rings. The molecular formula is C37H47N3O4. The van der Waals surface area contributed by atoms with Crippen LogP contribution in [0.25, 0.3) is 11.1 Å². The third-order valence-electron chi connectivity index (χ3n) is 9.17. The maximum absolute atomic E-state index is 13.6. The Kier molecular flexibility index (Phi) is 10.7. The molecule has 0 unspecified atom stereocenters. The van der Waals surface area contributed by atoms with Gasteiger partial charge in [-0.25, -0.2) is 0 Å². The number of hydrogen-bond acceptors (Lipinski definition) is 5. The fraction of sp³-hybridized carbons (Fsp3) is 0.459. The van der Waals surface area contributed by atoms with Crippen LogP contribution in [0.5, 0.6) is 5.75 Å². The molecule has 1 fully saturated rings. The van der Waals surface area contributed by atoms with Crippen molar-refractivity contribution in [3.05, 3.63) is 83.9 Å². The summed E-state index contributed by atoms with van der Waals surface area (Å²) in [4.78, 5) is 30.6. The van der Waals surface area contributed by atoms with Gasteiger partial charge in [-0.15, -0.1) is 0 Å². The summed E-state index contributed by atoms with van der Waals surface area (Å²) in [7, 11) is 2.10. The number of aliphatic hydroxyl groups is 1. The van der Waals surface area contributed by atoms with Gasteiger partial charge in [-0.1, -0.05) is 80.8 Å². The molecule has 3 atom stereocenters. The van der Waals surface area contributed by atoms with E-state index in [4.69, 9.17) is 4.74 Å². The highest BCUT2D eigenvalue weighted by Crippen LogP contribution is 2.31. The Labute approximate surface area is 262 Å². The number of aliphatic hydroxyl groups excluding tert-OH is 1. The maximum atomic E-state index is 13.6. The number of amides is 2. The second-order valence-corrected chi connectivity index (χ2v) is 12.8. The minimum absolute atomic E-state index is 0.0208. The van der Waals surface area contributed by atoms with Crippen LogP contribution < -0.4 is 10.1 Å². The molecule has 1 heterocycles. The van der Waals surface area contributed by atoms with Crippen LogP contribution in [0.1, 0.15) is 57.1 Å². The Morgan fingerprint density at radius 3 is 2.43 bits per heavy atom. The lowest BCUT2D eigenvalue weighted by Gasteiger charge is -2.34. The molecule has 0 bridgehead atoms. The number of carbonyl (C=O) groups excluding carboxylic acids is 2. The number of fused-ring (bicyclic) bond motifs is 1. The van der Waals surface area contributed by atoms with E-state index in [-0.39, 0.29) is 48.8 Å². The lowest BCUT2D eigenvalue weighted by Crippen LogP contribution is -2.47. The first kappa shape index (κ1) is 31.7. The Bertz CT molecular complexity index is 1390. The van der Waals surface area contributed by atoms with Crippen molar-refractivity contribution in [2.75, 3.05) is 32.1 Å². The molecule has 1 aliphatic carbocycles. The van der Waals surface area contributed by atoms with Gasteiger partial charge in [0.05, 0.1) is 19.1 Å². The maximum Gasteiger partial charge on any atom is 0.227 e. The zero-order valence-electron chi connectivity index (χ0n) is 26.4. The molecule has 234 valence electrons. The number of nitrogens with one attached hydrogen (secondary N) is 1. The minimum atomic E-state index is -0.304. The molecule has 2 N–H and O–H groups in total. The van der Waals surface area contributed by atoms with Gasteiger partial charge < -0.3 is 20.1 Å². The summed E-state index contributed by atoms with van der Waals surface area (Å²) in [5.74, 6) is 0.743. The molecular weight excluding hydrogens is 550 g/mol. The molecule has 3 aromatic carbocycles. The van der Waals surface area contributed by atoms with Crippen molar-refractivity contribution in [1.82, 2.24) is 9.80 Å². The van der Waals surface area contributed by atoms with Crippen LogP contribution in [0.4, 0.5) is 5.69 Å². The number of rotatable bonds is 9. The molecule has 7 heteroatoms. The van der Waals surface area contributed by atoms with Crippen LogP contribution in [-0.2, 0) is 22.6 Å². The predicted octanol–water partition coefficient (Wildman–Crippen LogP) is 6.15. The third kappa shape index (κ3) is 8.07. The van der Waals surface area contributed by atoms with Gasteiger partial charge in [-0.2, -0.15) is 0 Å². The Balaban J connectivity index is 1.33. The summed E-state index contributed by atoms with van der Waals surface area (Å²) in [6, 6.07) is 24.4. The van der Waals surface area contributed by atoms with E-state index in [0.717, 1.165) is 37.8 Å². The summed E-state index contributed by atoms with van der Waals surface area (Å²) in [6.45, 7) is 5.80. The molecule has 44 heavy (non-hydrogen) atoms. The molecule has 7 nitrogen and oxygen atoms in total. The lowest BCUT2D eigenvalue weighted by atomic mass is 9.88. The van der Waals surface area contributed by atoms with Crippen molar-refractivity contribution >= 4 is 17.5 Å². The lowest BCUT2D eigenvalue weighted by molar-refractivity contribution is -0.134. The number of benzene rings is 3. The van der Waals surface area contributed by atoms with Crippen molar-refractivity contribution < 1.29 is 19.4 Å². The van der Waals surface area contributed by atoms with Gasteiger partial charge in [-0.3, -0.25) is 14.5 Å². The highest BCUT2D eigenvalue weighted by molar-refractivity contribution is 5.93. The van der Waals surface area contributed by atoms with Crippen molar-refractivity contribution in [2.45, 2.75) is 71.1 Å². The Morgan fingerprint density at radius 2 is 1.73 bits per heavy atom. The molecule has 0 radical (unpaired) electrons. The topological polar surface area (TPSA) is 82.1 Å². The summed E-state index contributed by atoms with van der Waals surface area (Å²) >= 11 is 0. The molecule has 1 aliphatic heterocycles. The van der Waals surface area contributed by atoms with Crippen molar-refractivity contribution in [1.29, 1.82) is 0 Å². The van der Waals surface area contributed by atoms with Gasteiger partial charge in [0.25, 0.3) is 0 Å². The van der Waals surface area contributed by atoms with E-state index >= 15 is 0 Å². The molecule has 0 aromatic heterocycles. The highest BCUT2D eigenvalue weighted by Gasteiger charge is 2.31. The smallest absolute Gasteiger partial charge is 0.227 e. The first-order chi connectivity index (χ1) is 21.3. The van der Waals surface area contributed by atoms with Gasteiger partial charge in [0.15, 0.2) is 0 Å². The van der Waals surface area contributed by atoms with E-state index in [1.807, 2.05) is 31.2 Å². The van der Waals surface area contributed by atoms with Crippen LogP contribution >= 0.6 is 0 Å². The van der Waals surface area contributed by atoms with Gasteiger partial charge in [0.1, 0.15) is 11.9 Å². The second-order valence-electron chi connectivity index (χ2n) is 12.8. The van der Waals surface area contributed by atoms with Crippen molar-refractivity contribution in [2.24, 2.45) is 11.8 Å². The number of anilines is 1. The molecule has 2 aliphatic rings. The number of nitrogens with zero attached hydrogens (tertiary/aromatic N) is 2. The monoisotopic (exact) mass is 597 g/mol. The SMILES string of the molecule is C[C@@H]1CN([C@H](C)CO)C(=O)Cc2cc(NC(=O)C3CCCCC3)ccc2O[C@@H]1CN(C)Cc1ccc(-c2ccccc2)cc1. The second kappa shape index (κ2) is 14.9. The third-order valence-corrected chi connectivity index (χ3v) is 9.17. The standard InChI is InChI=1S/C37H47N3O4/c1-26-22-40(27(2)25-41)36(42)21-32-20-33(38-37(43)31-12-8-5-9-13-31)18-19-34(32)44-35(26)24-39(3)23-28-14-16-30(17-15-28)29-10-6-4-7-11-29/h4,6-7,10-11,14-20,26-27,31,35,41H,5,8-9,12-13,21-25H2,1-3H3,(H,38,43)/t26-,27-,35-/m1/s1. The number of hydrogen-bond donors (Lipinski definition) is 2. The number of ether oxygens (including phenoxy) is 1. The van der Waals surface area contributed by atoms with Crippen LogP contribution in [0.15, 0.2) is 72.8 Å². The fourth-order valence-electron chi connectivity index (χ4n) is 6.45. The fourth-order valence-corrected chi connectivity index (χ4v) is 6.45.